The van der Waals surface area contributed by atoms with Crippen LogP contribution < -0.4 is 19.6 Å². The van der Waals surface area contributed by atoms with Gasteiger partial charge < -0.3 is 13.9 Å². The maximum absolute atomic E-state index is 12.8. The Balaban J connectivity index is 2.16. The lowest BCUT2D eigenvalue weighted by atomic mass is 10.2. The first-order valence-corrected chi connectivity index (χ1v) is 11.4. The highest BCUT2D eigenvalue weighted by Gasteiger charge is 2.22. The molecule has 0 radical (unpaired) electrons. The normalized spacial score (nSPS) is 11.8. The molecule has 2 rings (SSSR count). The predicted molar refractivity (Wildman–Crippen MR) is 105 cm³/mol. The van der Waals surface area contributed by atoms with E-state index in [4.69, 9.17) is 18.4 Å². The molecule has 2 aromatic rings. The van der Waals surface area contributed by atoms with Gasteiger partial charge in [0, 0.05) is 35.2 Å². The highest BCUT2D eigenvalue weighted by atomic mass is 79.9. The summed E-state index contributed by atoms with van der Waals surface area (Å²) in [6.45, 7) is 1.08. The number of furan rings is 1. The smallest absolute Gasteiger partial charge is 0.341 e. The summed E-state index contributed by atoms with van der Waals surface area (Å²) in [4.78, 5) is 0. The van der Waals surface area contributed by atoms with Crippen molar-refractivity contribution in [3.05, 3.63) is 24.0 Å². The molecule has 0 spiro atoms. The van der Waals surface area contributed by atoms with E-state index in [2.05, 4.69) is 42.0 Å². The van der Waals surface area contributed by atoms with Crippen LogP contribution in [-0.2, 0) is 15.7 Å². The summed E-state index contributed by atoms with van der Waals surface area (Å²) in [5, 5.41) is 7.94. The summed E-state index contributed by atoms with van der Waals surface area (Å²) in [6, 6.07) is 5.41. The summed E-state index contributed by atoms with van der Waals surface area (Å²) in [5.41, 5.74) is 0.596. The lowest BCUT2D eigenvalue weighted by molar-refractivity contribution is 0.261. The van der Waals surface area contributed by atoms with Crippen molar-refractivity contribution in [1.29, 1.82) is 0 Å². The number of methoxy groups -OCH3 is 2. The molecule has 0 saturated carbocycles. The molecule has 0 aliphatic rings. The Bertz CT molecular complexity index is 728. The molecule has 0 amide bonds. The molecule has 25 heavy (non-hydrogen) atoms. The Morgan fingerprint density at radius 3 is 2.32 bits per heavy atom. The summed E-state index contributed by atoms with van der Waals surface area (Å²) in [7, 11) is -0.0167. The number of ether oxygens (including phenoxy) is 2. The van der Waals surface area contributed by atoms with E-state index in [1.54, 1.807) is 20.3 Å². The summed E-state index contributed by atoms with van der Waals surface area (Å²) < 4.78 is 34.8. The zero-order valence-corrected chi connectivity index (χ0v) is 18.1. The standard InChI is InChI=1S/C15H21Br2N2O5P/c1-21-12-7-11-8-13(24-15(11)14(9-12)22-2)10-23-25(20,18-5-3-16)19-6-4-17/h7-9H,3-6,10H2,1-2H3,(H2,18,19,20). The summed E-state index contributed by atoms with van der Waals surface area (Å²) >= 11 is 6.60. The van der Waals surface area contributed by atoms with Crippen LogP contribution in [0.15, 0.2) is 22.6 Å². The van der Waals surface area contributed by atoms with Crippen molar-refractivity contribution < 1.29 is 23.0 Å². The first-order valence-electron chi connectivity index (χ1n) is 7.56. The molecule has 1 aromatic carbocycles. The molecule has 0 fully saturated rings. The number of hydrogen-bond acceptors (Lipinski definition) is 5. The zero-order valence-electron chi connectivity index (χ0n) is 14.0. The number of hydrogen-bond donors (Lipinski definition) is 2. The van der Waals surface area contributed by atoms with Gasteiger partial charge in [0.25, 0.3) is 0 Å². The third-order valence-electron chi connectivity index (χ3n) is 3.28. The van der Waals surface area contributed by atoms with Gasteiger partial charge >= 0.3 is 7.67 Å². The van der Waals surface area contributed by atoms with Gasteiger partial charge in [0.1, 0.15) is 18.1 Å². The van der Waals surface area contributed by atoms with Gasteiger partial charge in [0.05, 0.1) is 14.2 Å². The highest BCUT2D eigenvalue weighted by Crippen LogP contribution is 2.39. The first-order chi connectivity index (χ1) is 12.0. The molecule has 140 valence electrons. The minimum absolute atomic E-state index is 0.0575. The van der Waals surface area contributed by atoms with Gasteiger partial charge in [0.15, 0.2) is 11.3 Å². The van der Waals surface area contributed by atoms with Crippen molar-refractivity contribution in [1.82, 2.24) is 10.2 Å². The minimum Gasteiger partial charge on any atom is -0.497 e. The average Bonchev–Trinajstić information content (AvgIpc) is 3.05. The van der Waals surface area contributed by atoms with Gasteiger partial charge in [-0.15, -0.1) is 0 Å². The second-order valence-electron chi connectivity index (χ2n) is 4.98. The Morgan fingerprint density at radius 2 is 1.76 bits per heavy atom. The second-order valence-corrected chi connectivity index (χ2v) is 8.56. The quantitative estimate of drug-likeness (QED) is 0.356. The van der Waals surface area contributed by atoms with E-state index < -0.39 is 7.67 Å². The van der Waals surface area contributed by atoms with E-state index in [-0.39, 0.29) is 6.61 Å². The number of rotatable bonds is 11. The number of fused-ring (bicyclic) bond motifs is 1. The van der Waals surface area contributed by atoms with Gasteiger partial charge in [-0.3, -0.25) is 9.09 Å². The lowest BCUT2D eigenvalue weighted by Gasteiger charge is -2.19. The molecule has 0 bridgehead atoms. The van der Waals surface area contributed by atoms with Gasteiger partial charge in [-0.2, -0.15) is 0 Å². The Hall–Kier alpha value is -0.570. The van der Waals surface area contributed by atoms with Gasteiger partial charge in [-0.05, 0) is 12.1 Å². The lowest BCUT2D eigenvalue weighted by Crippen LogP contribution is -2.26. The topological polar surface area (TPSA) is 82.0 Å². The van der Waals surface area contributed by atoms with Crippen LogP contribution in [0.5, 0.6) is 11.5 Å². The average molecular weight is 500 g/mol. The molecule has 0 saturated heterocycles. The fourth-order valence-electron chi connectivity index (χ4n) is 2.17. The minimum atomic E-state index is -3.17. The van der Waals surface area contributed by atoms with E-state index in [0.29, 0.717) is 46.6 Å². The Labute approximate surface area is 163 Å². The van der Waals surface area contributed by atoms with Crippen molar-refractivity contribution in [2.24, 2.45) is 0 Å². The molecule has 10 heteroatoms. The monoisotopic (exact) mass is 498 g/mol. The predicted octanol–water partition coefficient (Wildman–Crippen LogP) is 4.04. The Kier molecular flexibility index (Phi) is 8.25. The highest BCUT2D eigenvalue weighted by molar-refractivity contribution is 9.09. The zero-order chi connectivity index (χ0) is 18.3. The second kappa shape index (κ2) is 9.94. The summed E-state index contributed by atoms with van der Waals surface area (Å²) in [6.07, 6.45) is 0. The molecule has 1 aromatic heterocycles. The number of halogens is 2. The summed E-state index contributed by atoms with van der Waals surface area (Å²) in [5.74, 6) is 1.78. The number of nitrogens with one attached hydrogen (secondary N) is 2. The third-order valence-corrected chi connectivity index (χ3v) is 5.85. The van der Waals surface area contributed by atoms with Crippen LogP contribution in [0.1, 0.15) is 5.76 Å². The van der Waals surface area contributed by atoms with Crippen LogP contribution >= 0.6 is 39.5 Å². The molecular formula is C15H21Br2N2O5P. The largest absolute Gasteiger partial charge is 0.497 e. The number of alkyl halides is 2. The first kappa shape index (κ1) is 20.7. The van der Waals surface area contributed by atoms with Crippen molar-refractivity contribution >= 4 is 50.5 Å². The van der Waals surface area contributed by atoms with Crippen LogP contribution in [-0.4, -0.2) is 38.0 Å². The van der Waals surface area contributed by atoms with Crippen LogP contribution in [0.3, 0.4) is 0 Å². The molecular weight excluding hydrogens is 479 g/mol. The van der Waals surface area contributed by atoms with E-state index in [0.717, 1.165) is 5.39 Å². The molecule has 0 unspecified atom stereocenters. The fraction of sp³-hybridized carbons (Fsp3) is 0.467. The van der Waals surface area contributed by atoms with E-state index in [9.17, 15) is 4.57 Å². The van der Waals surface area contributed by atoms with Gasteiger partial charge in [-0.25, -0.2) is 10.2 Å². The molecule has 2 N–H and O–H groups in total. The Morgan fingerprint density at radius 1 is 1.08 bits per heavy atom. The fourth-order valence-corrected chi connectivity index (χ4v) is 4.59. The van der Waals surface area contributed by atoms with Crippen LogP contribution in [0.2, 0.25) is 0 Å². The molecule has 0 atom stereocenters. The number of benzene rings is 1. The van der Waals surface area contributed by atoms with Gasteiger partial charge in [-0.1, -0.05) is 31.9 Å². The molecule has 0 aliphatic heterocycles. The van der Waals surface area contributed by atoms with Crippen LogP contribution in [0.25, 0.3) is 11.0 Å². The van der Waals surface area contributed by atoms with E-state index in [1.165, 1.54) is 0 Å². The molecule has 7 nitrogen and oxygen atoms in total. The van der Waals surface area contributed by atoms with Crippen LogP contribution in [0.4, 0.5) is 0 Å². The van der Waals surface area contributed by atoms with Crippen LogP contribution in [0, 0.1) is 0 Å². The van der Waals surface area contributed by atoms with E-state index in [1.807, 2.05) is 12.1 Å². The van der Waals surface area contributed by atoms with E-state index >= 15 is 0 Å². The van der Waals surface area contributed by atoms with Crippen molar-refractivity contribution in [3.8, 4) is 11.5 Å². The van der Waals surface area contributed by atoms with Crippen molar-refractivity contribution in [2.45, 2.75) is 6.61 Å². The van der Waals surface area contributed by atoms with Gasteiger partial charge in [0.2, 0.25) is 0 Å². The molecule has 0 aliphatic carbocycles. The van der Waals surface area contributed by atoms with Crippen molar-refractivity contribution in [2.75, 3.05) is 38.0 Å². The maximum atomic E-state index is 12.8. The SMILES string of the molecule is COc1cc(OC)c2oc(COP(=O)(NCCBr)NCCBr)cc2c1. The third kappa shape index (κ3) is 5.70. The van der Waals surface area contributed by atoms with Crippen molar-refractivity contribution in [3.63, 3.8) is 0 Å². The molecule has 1 heterocycles. The maximum Gasteiger partial charge on any atom is 0.341 e.